The number of hydrogen-bond donors (Lipinski definition) is 0. The van der Waals surface area contributed by atoms with Crippen molar-refractivity contribution in [1.29, 1.82) is 5.26 Å². The van der Waals surface area contributed by atoms with Crippen molar-refractivity contribution in [3.05, 3.63) is 88.2 Å². The molecule has 5 rings (SSSR count). The Labute approximate surface area is 201 Å². The number of ether oxygens (including phenoxy) is 4. The number of benzene rings is 3. The maximum atomic E-state index is 9.79. The van der Waals surface area contributed by atoms with Crippen LogP contribution in [-0.2, 0) is 6.61 Å². The monoisotopic (exact) mass is 468 g/mol. The van der Waals surface area contributed by atoms with E-state index in [1.807, 2.05) is 72.1 Å². The molecule has 6 nitrogen and oxygen atoms in total. The summed E-state index contributed by atoms with van der Waals surface area (Å²) in [6, 6.07) is 23.5. The minimum atomic E-state index is 0.224. The van der Waals surface area contributed by atoms with Gasteiger partial charge in [0.05, 0.1) is 18.4 Å². The summed E-state index contributed by atoms with van der Waals surface area (Å²) in [6.07, 6.45) is 1.80. The fourth-order valence-corrected chi connectivity index (χ4v) is 4.32. The first-order valence-electron chi connectivity index (χ1n) is 10.6. The number of rotatable bonds is 7. The van der Waals surface area contributed by atoms with Gasteiger partial charge in [-0.15, -0.1) is 11.3 Å². The Morgan fingerprint density at radius 1 is 1.06 bits per heavy atom. The van der Waals surface area contributed by atoms with Crippen LogP contribution in [0.1, 0.15) is 16.1 Å². The Balaban J connectivity index is 1.36. The van der Waals surface area contributed by atoms with E-state index in [2.05, 4.69) is 11.1 Å². The van der Waals surface area contributed by atoms with Crippen molar-refractivity contribution in [2.45, 2.75) is 6.61 Å². The van der Waals surface area contributed by atoms with Gasteiger partial charge in [0.25, 0.3) is 0 Å². The van der Waals surface area contributed by atoms with E-state index in [0.717, 1.165) is 28.1 Å². The molecule has 0 unspecified atom stereocenters. The normalized spacial score (nSPS) is 12.3. The molecule has 0 saturated heterocycles. The van der Waals surface area contributed by atoms with Crippen molar-refractivity contribution in [3.8, 4) is 40.3 Å². The molecule has 0 spiro atoms. The first-order chi connectivity index (χ1) is 16.7. The van der Waals surface area contributed by atoms with Crippen LogP contribution in [-0.4, -0.2) is 18.9 Å². The van der Waals surface area contributed by atoms with Crippen LogP contribution < -0.4 is 18.9 Å². The summed E-state index contributed by atoms with van der Waals surface area (Å²) in [5, 5.41) is 12.4. The van der Waals surface area contributed by atoms with Gasteiger partial charge in [-0.05, 0) is 47.5 Å². The molecule has 1 aliphatic rings. The quantitative estimate of drug-likeness (QED) is 0.301. The molecule has 1 aliphatic heterocycles. The predicted octanol–water partition coefficient (Wildman–Crippen LogP) is 6.19. The van der Waals surface area contributed by atoms with Crippen LogP contribution in [0.3, 0.4) is 0 Å². The van der Waals surface area contributed by atoms with Crippen LogP contribution in [0.15, 0.2) is 72.1 Å². The lowest BCUT2D eigenvalue weighted by Crippen LogP contribution is -1.97. The van der Waals surface area contributed by atoms with Crippen LogP contribution in [0, 0.1) is 11.3 Å². The van der Waals surface area contributed by atoms with E-state index in [0.29, 0.717) is 34.4 Å². The van der Waals surface area contributed by atoms with Crippen molar-refractivity contribution in [2.75, 3.05) is 13.9 Å². The summed E-state index contributed by atoms with van der Waals surface area (Å²) in [6.45, 7) is 0.666. The third-order valence-corrected chi connectivity index (χ3v) is 6.13. The fraction of sp³-hybridized carbons (Fsp3) is 0.111. The van der Waals surface area contributed by atoms with Gasteiger partial charge in [0.15, 0.2) is 23.0 Å². The second kappa shape index (κ2) is 9.69. The highest BCUT2D eigenvalue weighted by atomic mass is 32.1. The van der Waals surface area contributed by atoms with E-state index in [9.17, 15) is 5.26 Å². The van der Waals surface area contributed by atoms with E-state index in [1.54, 1.807) is 13.2 Å². The molecule has 0 amide bonds. The maximum Gasteiger partial charge on any atom is 0.231 e. The number of nitriles is 1. The zero-order valence-electron chi connectivity index (χ0n) is 18.4. The summed E-state index contributed by atoms with van der Waals surface area (Å²) in [4.78, 5) is 4.67. The average Bonchev–Trinajstić information content (AvgIpc) is 3.56. The summed E-state index contributed by atoms with van der Waals surface area (Å²) in [7, 11) is 1.60. The molecular weight excluding hydrogens is 448 g/mol. The number of thiazole rings is 1. The molecule has 0 bridgehead atoms. The smallest absolute Gasteiger partial charge is 0.231 e. The lowest BCUT2D eigenvalue weighted by molar-refractivity contribution is 0.174. The topological polar surface area (TPSA) is 73.6 Å². The minimum absolute atomic E-state index is 0.224. The number of nitrogens with zero attached hydrogens (tertiary/aromatic N) is 2. The zero-order chi connectivity index (χ0) is 23.3. The van der Waals surface area contributed by atoms with Crippen LogP contribution in [0.4, 0.5) is 0 Å². The van der Waals surface area contributed by atoms with Gasteiger partial charge in [-0.2, -0.15) is 5.26 Å². The molecule has 0 N–H and O–H groups in total. The number of methoxy groups -OCH3 is 1. The highest BCUT2D eigenvalue weighted by Gasteiger charge is 2.16. The Morgan fingerprint density at radius 2 is 1.91 bits per heavy atom. The van der Waals surface area contributed by atoms with E-state index >= 15 is 0 Å². The minimum Gasteiger partial charge on any atom is -0.493 e. The third kappa shape index (κ3) is 4.58. The summed E-state index contributed by atoms with van der Waals surface area (Å²) in [5.41, 5.74) is 4.05. The van der Waals surface area contributed by atoms with Crippen molar-refractivity contribution in [3.63, 3.8) is 0 Å². The molecule has 1 aromatic heterocycles. The number of hydrogen-bond acceptors (Lipinski definition) is 7. The van der Waals surface area contributed by atoms with Crippen LogP contribution >= 0.6 is 11.3 Å². The molecule has 4 aromatic rings. The summed E-state index contributed by atoms with van der Waals surface area (Å²) >= 11 is 1.42. The number of fused-ring (bicyclic) bond motifs is 1. The molecule has 0 atom stereocenters. The number of allylic oxidation sites excluding steroid dienone is 1. The molecular formula is C27H20N2O4S. The molecule has 0 radical (unpaired) electrons. The lowest BCUT2D eigenvalue weighted by Gasteiger charge is -2.11. The highest BCUT2D eigenvalue weighted by Crippen LogP contribution is 2.37. The molecule has 0 fully saturated rings. The van der Waals surface area contributed by atoms with E-state index in [1.165, 1.54) is 11.3 Å². The molecule has 168 valence electrons. The van der Waals surface area contributed by atoms with Crippen LogP contribution in [0.5, 0.6) is 23.0 Å². The Hall–Kier alpha value is -4.28. The van der Waals surface area contributed by atoms with Crippen molar-refractivity contribution in [2.24, 2.45) is 0 Å². The first-order valence-corrected chi connectivity index (χ1v) is 11.4. The van der Waals surface area contributed by atoms with Gasteiger partial charge in [0, 0.05) is 10.9 Å². The first kappa shape index (κ1) is 21.6. The highest BCUT2D eigenvalue weighted by molar-refractivity contribution is 7.11. The Kier molecular flexibility index (Phi) is 6.15. The largest absolute Gasteiger partial charge is 0.493 e. The predicted molar refractivity (Wildman–Crippen MR) is 131 cm³/mol. The molecule has 3 aromatic carbocycles. The second-order valence-corrected chi connectivity index (χ2v) is 8.32. The van der Waals surface area contributed by atoms with Crippen molar-refractivity contribution >= 4 is 23.0 Å². The summed E-state index contributed by atoms with van der Waals surface area (Å²) < 4.78 is 22.3. The van der Waals surface area contributed by atoms with E-state index < -0.39 is 0 Å². The second-order valence-electron chi connectivity index (χ2n) is 7.46. The third-order valence-electron chi connectivity index (χ3n) is 5.26. The molecule has 2 heterocycles. The van der Waals surface area contributed by atoms with Gasteiger partial charge in [-0.1, -0.05) is 36.4 Å². The fourth-order valence-electron chi connectivity index (χ4n) is 3.52. The van der Waals surface area contributed by atoms with Gasteiger partial charge >= 0.3 is 0 Å². The summed E-state index contributed by atoms with van der Waals surface area (Å²) in [5.74, 6) is 2.66. The zero-order valence-corrected chi connectivity index (χ0v) is 19.2. The van der Waals surface area contributed by atoms with Gasteiger partial charge < -0.3 is 18.9 Å². The van der Waals surface area contributed by atoms with Gasteiger partial charge in [0.2, 0.25) is 6.79 Å². The molecule has 0 aliphatic carbocycles. The molecule has 34 heavy (non-hydrogen) atoms. The molecule has 7 heteroatoms. The average molecular weight is 469 g/mol. The lowest BCUT2D eigenvalue weighted by atomic mass is 10.1. The Bertz CT molecular complexity index is 1390. The molecule has 0 saturated carbocycles. The number of aromatic nitrogens is 1. The standard InChI is InChI=1S/C27H20N2O4S/c1-30-25-12-19(7-9-23(25)31-15-18-5-3-2-4-6-18)11-21(14-28)27-29-22(16-34-27)20-8-10-24-26(13-20)33-17-32-24/h2-13,16H,15,17H2,1H3. The van der Waals surface area contributed by atoms with E-state index in [-0.39, 0.29) is 6.79 Å². The van der Waals surface area contributed by atoms with Gasteiger partial charge in [0.1, 0.15) is 17.7 Å². The van der Waals surface area contributed by atoms with E-state index in [4.69, 9.17) is 18.9 Å². The van der Waals surface area contributed by atoms with Gasteiger partial charge in [-0.3, -0.25) is 0 Å². The van der Waals surface area contributed by atoms with Crippen LogP contribution in [0.2, 0.25) is 0 Å². The maximum absolute atomic E-state index is 9.79. The van der Waals surface area contributed by atoms with Crippen LogP contribution in [0.25, 0.3) is 22.9 Å². The Morgan fingerprint density at radius 3 is 2.74 bits per heavy atom. The SMILES string of the molecule is COc1cc(C=C(C#N)c2nc(-c3ccc4c(c3)OCO4)cs2)ccc1OCc1ccccc1. The van der Waals surface area contributed by atoms with Crippen molar-refractivity contribution < 1.29 is 18.9 Å². The van der Waals surface area contributed by atoms with Gasteiger partial charge in [-0.25, -0.2) is 4.98 Å². The van der Waals surface area contributed by atoms with Crippen molar-refractivity contribution in [1.82, 2.24) is 4.98 Å².